The van der Waals surface area contributed by atoms with Crippen molar-refractivity contribution in [2.24, 2.45) is 0 Å². The SMILES string of the molecule is Cc1ccc(-c2ccc(-c3ccc(C=O)cc3)cc2)cc1. The standard InChI is InChI=1S/C20H16O/c1-15-2-6-17(7-3-15)19-10-12-20(13-11-19)18-8-4-16(14-21)5-9-18/h2-14H,1H3. The minimum Gasteiger partial charge on any atom is -0.298 e. The highest BCUT2D eigenvalue weighted by atomic mass is 16.1. The molecule has 0 atom stereocenters. The van der Waals surface area contributed by atoms with Crippen LogP contribution in [-0.4, -0.2) is 6.29 Å². The van der Waals surface area contributed by atoms with Crippen LogP contribution in [0.4, 0.5) is 0 Å². The smallest absolute Gasteiger partial charge is 0.150 e. The van der Waals surface area contributed by atoms with E-state index < -0.39 is 0 Å². The van der Waals surface area contributed by atoms with E-state index in [0.29, 0.717) is 5.56 Å². The molecule has 0 saturated carbocycles. The number of benzene rings is 3. The van der Waals surface area contributed by atoms with Gasteiger partial charge in [0.15, 0.2) is 0 Å². The molecule has 0 bridgehead atoms. The van der Waals surface area contributed by atoms with Crippen molar-refractivity contribution < 1.29 is 4.79 Å². The van der Waals surface area contributed by atoms with Gasteiger partial charge in [-0.3, -0.25) is 4.79 Å². The normalized spacial score (nSPS) is 10.3. The second-order valence-electron chi connectivity index (χ2n) is 5.18. The van der Waals surface area contributed by atoms with Gasteiger partial charge in [-0.15, -0.1) is 0 Å². The molecule has 0 aliphatic carbocycles. The van der Waals surface area contributed by atoms with E-state index in [2.05, 4.69) is 55.5 Å². The summed E-state index contributed by atoms with van der Waals surface area (Å²) in [6, 6.07) is 24.7. The summed E-state index contributed by atoms with van der Waals surface area (Å²) in [6.45, 7) is 2.09. The number of carbonyl (C=O) groups excluding carboxylic acids is 1. The Morgan fingerprint density at radius 1 is 0.571 bits per heavy atom. The van der Waals surface area contributed by atoms with Gasteiger partial charge in [0.1, 0.15) is 6.29 Å². The third-order valence-corrected chi connectivity index (χ3v) is 3.65. The van der Waals surface area contributed by atoms with Crippen LogP contribution in [-0.2, 0) is 0 Å². The third-order valence-electron chi connectivity index (χ3n) is 3.65. The molecule has 3 aromatic carbocycles. The lowest BCUT2D eigenvalue weighted by atomic mass is 9.99. The molecule has 1 heteroatoms. The molecule has 0 heterocycles. The van der Waals surface area contributed by atoms with Crippen molar-refractivity contribution >= 4 is 6.29 Å². The van der Waals surface area contributed by atoms with Crippen LogP contribution in [0.3, 0.4) is 0 Å². The van der Waals surface area contributed by atoms with Gasteiger partial charge in [0.25, 0.3) is 0 Å². The summed E-state index contributed by atoms with van der Waals surface area (Å²) < 4.78 is 0. The van der Waals surface area contributed by atoms with Gasteiger partial charge in [-0.05, 0) is 29.2 Å². The van der Waals surface area contributed by atoms with Crippen LogP contribution in [0, 0.1) is 6.92 Å². The minimum atomic E-state index is 0.704. The van der Waals surface area contributed by atoms with Crippen molar-refractivity contribution in [3.05, 3.63) is 83.9 Å². The molecule has 1 nitrogen and oxygen atoms in total. The van der Waals surface area contributed by atoms with E-state index in [4.69, 9.17) is 0 Å². The first kappa shape index (κ1) is 13.3. The zero-order valence-corrected chi connectivity index (χ0v) is 11.9. The second kappa shape index (κ2) is 5.76. The Hall–Kier alpha value is -2.67. The Kier molecular flexibility index (Phi) is 3.65. The van der Waals surface area contributed by atoms with Crippen LogP contribution in [0.25, 0.3) is 22.3 Å². The molecule has 0 aliphatic rings. The van der Waals surface area contributed by atoms with Gasteiger partial charge in [0, 0.05) is 5.56 Å². The van der Waals surface area contributed by atoms with Crippen LogP contribution < -0.4 is 0 Å². The fraction of sp³-hybridized carbons (Fsp3) is 0.0500. The lowest BCUT2D eigenvalue weighted by Gasteiger charge is -2.06. The number of hydrogen-bond acceptors (Lipinski definition) is 1. The summed E-state index contributed by atoms with van der Waals surface area (Å²) in [4.78, 5) is 10.7. The highest BCUT2D eigenvalue weighted by Gasteiger charge is 2.00. The predicted molar refractivity (Wildman–Crippen MR) is 87.4 cm³/mol. The molecule has 0 amide bonds. The summed E-state index contributed by atoms with van der Waals surface area (Å²) in [5, 5.41) is 0. The van der Waals surface area contributed by atoms with Crippen molar-refractivity contribution in [3.63, 3.8) is 0 Å². The lowest BCUT2D eigenvalue weighted by Crippen LogP contribution is -1.82. The third kappa shape index (κ3) is 2.92. The molecule has 102 valence electrons. The van der Waals surface area contributed by atoms with Crippen molar-refractivity contribution in [1.82, 2.24) is 0 Å². The molecule has 0 unspecified atom stereocenters. The summed E-state index contributed by atoms with van der Waals surface area (Å²) in [5.41, 5.74) is 6.69. The molecule has 21 heavy (non-hydrogen) atoms. The van der Waals surface area contributed by atoms with Crippen LogP contribution in [0.1, 0.15) is 15.9 Å². The molecular weight excluding hydrogens is 256 g/mol. The van der Waals surface area contributed by atoms with E-state index in [9.17, 15) is 4.79 Å². The van der Waals surface area contributed by atoms with Gasteiger partial charge in [0.05, 0.1) is 0 Å². The van der Waals surface area contributed by atoms with Crippen molar-refractivity contribution in [2.45, 2.75) is 6.92 Å². The van der Waals surface area contributed by atoms with E-state index in [0.717, 1.165) is 17.4 Å². The van der Waals surface area contributed by atoms with E-state index in [-0.39, 0.29) is 0 Å². The zero-order chi connectivity index (χ0) is 14.7. The number of aryl methyl sites for hydroxylation is 1. The van der Waals surface area contributed by atoms with Crippen LogP contribution in [0.15, 0.2) is 72.8 Å². The Morgan fingerprint density at radius 2 is 0.905 bits per heavy atom. The minimum absolute atomic E-state index is 0.704. The molecule has 0 fully saturated rings. The number of carbonyl (C=O) groups is 1. The summed E-state index contributed by atoms with van der Waals surface area (Å²) >= 11 is 0. The maximum absolute atomic E-state index is 10.7. The quantitative estimate of drug-likeness (QED) is 0.603. The summed E-state index contributed by atoms with van der Waals surface area (Å²) in [5.74, 6) is 0. The fourth-order valence-electron chi connectivity index (χ4n) is 2.36. The average molecular weight is 272 g/mol. The summed E-state index contributed by atoms with van der Waals surface area (Å²) in [6.07, 6.45) is 0.865. The zero-order valence-electron chi connectivity index (χ0n) is 11.9. The highest BCUT2D eigenvalue weighted by Crippen LogP contribution is 2.25. The Balaban J connectivity index is 1.89. The van der Waals surface area contributed by atoms with Gasteiger partial charge in [-0.1, -0.05) is 78.4 Å². The fourth-order valence-corrected chi connectivity index (χ4v) is 2.36. The van der Waals surface area contributed by atoms with Gasteiger partial charge in [-0.25, -0.2) is 0 Å². The van der Waals surface area contributed by atoms with Crippen LogP contribution >= 0.6 is 0 Å². The molecule has 3 rings (SSSR count). The predicted octanol–water partition coefficient (Wildman–Crippen LogP) is 5.14. The number of aldehydes is 1. The van der Waals surface area contributed by atoms with Crippen LogP contribution in [0.5, 0.6) is 0 Å². The Bertz CT molecular complexity index is 735. The second-order valence-corrected chi connectivity index (χ2v) is 5.18. The number of hydrogen-bond donors (Lipinski definition) is 0. The van der Waals surface area contributed by atoms with Crippen molar-refractivity contribution in [2.75, 3.05) is 0 Å². The van der Waals surface area contributed by atoms with Crippen molar-refractivity contribution in [3.8, 4) is 22.3 Å². The molecule has 0 aliphatic heterocycles. The van der Waals surface area contributed by atoms with Gasteiger partial charge < -0.3 is 0 Å². The van der Waals surface area contributed by atoms with E-state index in [1.165, 1.54) is 16.7 Å². The molecule has 0 radical (unpaired) electrons. The first-order valence-corrected chi connectivity index (χ1v) is 6.99. The largest absolute Gasteiger partial charge is 0.298 e. The Labute approximate surface area is 124 Å². The van der Waals surface area contributed by atoms with Gasteiger partial charge in [-0.2, -0.15) is 0 Å². The van der Waals surface area contributed by atoms with Gasteiger partial charge in [0.2, 0.25) is 0 Å². The summed E-state index contributed by atoms with van der Waals surface area (Å²) in [7, 11) is 0. The van der Waals surface area contributed by atoms with E-state index in [1.807, 2.05) is 24.3 Å². The van der Waals surface area contributed by atoms with Crippen LogP contribution in [0.2, 0.25) is 0 Å². The maximum Gasteiger partial charge on any atom is 0.150 e. The van der Waals surface area contributed by atoms with E-state index in [1.54, 1.807) is 0 Å². The molecule has 0 N–H and O–H groups in total. The highest BCUT2D eigenvalue weighted by molar-refractivity contribution is 5.77. The monoisotopic (exact) mass is 272 g/mol. The molecule has 0 spiro atoms. The number of rotatable bonds is 3. The topological polar surface area (TPSA) is 17.1 Å². The molecule has 0 saturated heterocycles. The first-order chi connectivity index (χ1) is 10.3. The van der Waals surface area contributed by atoms with Crippen molar-refractivity contribution in [1.29, 1.82) is 0 Å². The lowest BCUT2D eigenvalue weighted by molar-refractivity contribution is 0.112. The van der Waals surface area contributed by atoms with E-state index >= 15 is 0 Å². The molecule has 0 aromatic heterocycles. The molecular formula is C20H16O. The van der Waals surface area contributed by atoms with Gasteiger partial charge >= 0.3 is 0 Å². The first-order valence-electron chi connectivity index (χ1n) is 6.99. The molecule has 3 aromatic rings. The Morgan fingerprint density at radius 3 is 1.29 bits per heavy atom. The average Bonchev–Trinajstić information content (AvgIpc) is 2.56. The maximum atomic E-state index is 10.7.